The molecule has 124 valence electrons. The van der Waals surface area contributed by atoms with E-state index in [4.69, 9.17) is 10.5 Å². The molecule has 3 rings (SSSR count). The molecule has 2 aromatic heterocycles. The molecular weight excluding hydrogens is 324 g/mol. The summed E-state index contributed by atoms with van der Waals surface area (Å²) in [4.78, 5) is 22.2. The minimum atomic E-state index is -0.0663. The highest BCUT2D eigenvalue weighted by Gasteiger charge is 2.20. The third-order valence-electron chi connectivity index (χ3n) is 3.54. The molecule has 3 N–H and O–H groups in total. The number of rotatable bonds is 6. The fraction of sp³-hybridized carbons (Fsp3) is 0.235. The third-order valence-corrected chi connectivity index (χ3v) is 4.75. The number of thiophene rings is 1. The number of ether oxygens (including phenoxy) is 1. The van der Waals surface area contributed by atoms with Crippen LogP contribution in [0, 0.1) is 0 Å². The van der Waals surface area contributed by atoms with Crippen molar-refractivity contribution in [3.05, 3.63) is 35.2 Å². The second-order valence-electron chi connectivity index (χ2n) is 5.26. The summed E-state index contributed by atoms with van der Waals surface area (Å²) in [7, 11) is 1.64. The quantitative estimate of drug-likeness (QED) is 0.528. The Morgan fingerprint density at radius 1 is 1.29 bits per heavy atom. The number of carbonyl (C=O) groups excluding carboxylic acids is 1. The van der Waals surface area contributed by atoms with Crippen molar-refractivity contribution in [1.82, 2.24) is 9.97 Å². The number of nitrogens with two attached hydrogens (primary N) is 1. The van der Waals surface area contributed by atoms with Crippen molar-refractivity contribution in [1.29, 1.82) is 0 Å². The fourth-order valence-corrected chi connectivity index (χ4v) is 3.42. The summed E-state index contributed by atoms with van der Waals surface area (Å²) < 4.78 is 5.04. The molecule has 0 spiro atoms. The first-order valence-corrected chi connectivity index (χ1v) is 8.32. The van der Waals surface area contributed by atoms with Gasteiger partial charge in [-0.1, -0.05) is 30.3 Å². The van der Waals surface area contributed by atoms with Crippen molar-refractivity contribution in [2.24, 2.45) is 0 Å². The van der Waals surface area contributed by atoms with E-state index in [0.29, 0.717) is 34.5 Å². The highest BCUT2D eigenvalue weighted by Crippen LogP contribution is 2.39. The number of Topliss-reactive ketones (excluding diaryl/α,β-unsaturated/α-hetero) is 1. The van der Waals surface area contributed by atoms with Crippen LogP contribution < -0.4 is 11.1 Å². The monoisotopic (exact) mass is 342 g/mol. The van der Waals surface area contributed by atoms with Crippen LogP contribution >= 0.6 is 11.3 Å². The van der Waals surface area contributed by atoms with Crippen molar-refractivity contribution in [3.63, 3.8) is 0 Å². The van der Waals surface area contributed by atoms with Crippen LogP contribution in [0.5, 0.6) is 0 Å². The molecule has 0 fully saturated rings. The van der Waals surface area contributed by atoms with Gasteiger partial charge in [0.15, 0.2) is 5.78 Å². The lowest BCUT2D eigenvalue weighted by Gasteiger charge is -2.08. The number of ketones is 1. The number of hydrogen-bond acceptors (Lipinski definition) is 7. The normalized spacial score (nSPS) is 10.9. The van der Waals surface area contributed by atoms with E-state index in [-0.39, 0.29) is 5.78 Å². The summed E-state index contributed by atoms with van der Waals surface area (Å²) in [5.74, 6) is 0.429. The van der Waals surface area contributed by atoms with Gasteiger partial charge in [-0.3, -0.25) is 4.79 Å². The Balaban J connectivity index is 2.19. The van der Waals surface area contributed by atoms with Crippen LogP contribution in [0.15, 0.2) is 30.3 Å². The molecule has 0 aliphatic heterocycles. The van der Waals surface area contributed by atoms with Gasteiger partial charge in [0.2, 0.25) is 5.95 Å². The molecule has 0 saturated carbocycles. The number of fused-ring (bicyclic) bond motifs is 1. The maximum absolute atomic E-state index is 11.8. The van der Waals surface area contributed by atoms with E-state index in [2.05, 4.69) is 15.3 Å². The Bertz CT molecular complexity index is 877. The molecule has 0 bridgehead atoms. The minimum absolute atomic E-state index is 0.0663. The molecule has 0 unspecified atom stereocenters. The molecule has 0 aliphatic carbocycles. The largest absolute Gasteiger partial charge is 0.397 e. The second kappa shape index (κ2) is 6.94. The maximum Gasteiger partial charge on any atom is 0.224 e. The summed E-state index contributed by atoms with van der Waals surface area (Å²) in [6.07, 6.45) is 0. The van der Waals surface area contributed by atoms with Gasteiger partial charge in [0, 0.05) is 26.1 Å². The lowest BCUT2D eigenvalue weighted by molar-refractivity contribution is 0.102. The molecule has 2 heterocycles. The lowest BCUT2D eigenvalue weighted by atomic mass is 10.1. The zero-order valence-corrected chi connectivity index (χ0v) is 14.3. The number of anilines is 2. The van der Waals surface area contributed by atoms with Crippen molar-refractivity contribution in [3.8, 4) is 11.3 Å². The van der Waals surface area contributed by atoms with Crippen LogP contribution in [0.25, 0.3) is 21.5 Å². The van der Waals surface area contributed by atoms with E-state index in [9.17, 15) is 4.79 Å². The van der Waals surface area contributed by atoms with Gasteiger partial charge in [-0.05, 0) is 0 Å². The molecule has 0 atom stereocenters. The average Bonchev–Trinajstić information content (AvgIpc) is 2.92. The van der Waals surface area contributed by atoms with E-state index < -0.39 is 0 Å². The Hall–Kier alpha value is -2.51. The van der Waals surface area contributed by atoms with E-state index >= 15 is 0 Å². The number of hydrogen-bond donors (Lipinski definition) is 2. The zero-order chi connectivity index (χ0) is 17.1. The Labute approximate surface area is 143 Å². The Morgan fingerprint density at radius 2 is 2.04 bits per heavy atom. The molecule has 0 radical (unpaired) electrons. The third kappa shape index (κ3) is 3.08. The number of aromatic nitrogens is 2. The molecule has 6 nitrogen and oxygen atoms in total. The fourth-order valence-electron chi connectivity index (χ4n) is 2.43. The van der Waals surface area contributed by atoms with Crippen LogP contribution in [0.1, 0.15) is 16.6 Å². The van der Waals surface area contributed by atoms with E-state index in [1.165, 1.54) is 18.3 Å². The van der Waals surface area contributed by atoms with Crippen molar-refractivity contribution >= 4 is 39.0 Å². The maximum atomic E-state index is 11.8. The van der Waals surface area contributed by atoms with E-state index in [1.807, 2.05) is 30.3 Å². The van der Waals surface area contributed by atoms with Gasteiger partial charge in [-0.15, -0.1) is 11.3 Å². The van der Waals surface area contributed by atoms with Crippen LogP contribution in [-0.2, 0) is 4.74 Å². The summed E-state index contributed by atoms with van der Waals surface area (Å²) in [5, 5.41) is 3.87. The summed E-state index contributed by atoms with van der Waals surface area (Å²) in [6, 6.07) is 9.75. The van der Waals surface area contributed by atoms with Gasteiger partial charge in [-0.25, -0.2) is 9.97 Å². The number of methoxy groups -OCH3 is 1. The number of nitrogen functional groups attached to an aromatic ring is 1. The van der Waals surface area contributed by atoms with Crippen molar-refractivity contribution < 1.29 is 9.53 Å². The topological polar surface area (TPSA) is 90.1 Å². The standard InChI is InChI=1S/C17H18N4O2S/c1-10(22)15-13(18)12-14(11-6-4-3-5-7-11)20-17(19-8-9-23-2)21-16(12)24-15/h3-7H,8-9,18H2,1-2H3,(H,19,20,21). The number of nitrogens with zero attached hydrogens (tertiary/aromatic N) is 2. The minimum Gasteiger partial charge on any atom is -0.397 e. The summed E-state index contributed by atoms with van der Waals surface area (Å²) in [5.41, 5.74) is 8.32. The molecular formula is C17H18N4O2S. The molecule has 3 aromatic rings. The first-order chi connectivity index (χ1) is 11.6. The van der Waals surface area contributed by atoms with Crippen LogP contribution in [0.4, 0.5) is 11.6 Å². The SMILES string of the molecule is COCCNc1nc(-c2ccccc2)c2c(N)c(C(C)=O)sc2n1. The molecule has 1 aromatic carbocycles. The van der Waals surface area contributed by atoms with Crippen molar-refractivity contribution in [2.75, 3.05) is 31.3 Å². The summed E-state index contributed by atoms with van der Waals surface area (Å²) >= 11 is 1.30. The molecule has 0 amide bonds. The van der Waals surface area contributed by atoms with Crippen molar-refractivity contribution in [2.45, 2.75) is 6.92 Å². The first kappa shape index (κ1) is 16.4. The average molecular weight is 342 g/mol. The summed E-state index contributed by atoms with van der Waals surface area (Å²) in [6.45, 7) is 2.65. The zero-order valence-electron chi connectivity index (χ0n) is 13.5. The predicted octanol–water partition coefficient (Wildman–Crippen LogP) is 3.20. The van der Waals surface area contributed by atoms with Gasteiger partial charge >= 0.3 is 0 Å². The van der Waals surface area contributed by atoms with Gasteiger partial charge in [-0.2, -0.15) is 0 Å². The van der Waals surface area contributed by atoms with E-state index in [0.717, 1.165) is 16.6 Å². The van der Waals surface area contributed by atoms with E-state index in [1.54, 1.807) is 7.11 Å². The van der Waals surface area contributed by atoms with Crippen LogP contribution in [-0.4, -0.2) is 36.0 Å². The predicted molar refractivity (Wildman–Crippen MR) is 97.6 cm³/mol. The highest BCUT2D eigenvalue weighted by atomic mass is 32.1. The van der Waals surface area contributed by atoms with Crippen LogP contribution in [0.3, 0.4) is 0 Å². The Kier molecular flexibility index (Phi) is 4.73. The Morgan fingerprint density at radius 3 is 2.71 bits per heavy atom. The highest BCUT2D eigenvalue weighted by molar-refractivity contribution is 7.21. The van der Waals surface area contributed by atoms with Crippen LogP contribution in [0.2, 0.25) is 0 Å². The van der Waals surface area contributed by atoms with Gasteiger partial charge in [0.05, 0.1) is 28.3 Å². The van der Waals surface area contributed by atoms with Gasteiger partial charge in [0.1, 0.15) is 4.83 Å². The van der Waals surface area contributed by atoms with Gasteiger partial charge < -0.3 is 15.8 Å². The number of nitrogens with one attached hydrogen (secondary N) is 1. The lowest BCUT2D eigenvalue weighted by Crippen LogP contribution is -2.10. The number of benzene rings is 1. The first-order valence-electron chi connectivity index (χ1n) is 7.51. The number of carbonyl (C=O) groups is 1. The molecule has 7 heteroatoms. The molecule has 0 aliphatic rings. The smallest absolute Gasteiger partial charge is 0.224 e. The van der Waals surface area contributed by atoms with Gasteiger partial charge in [0.25, 0.3) is 0 Å². The molecule has 0 saturated heterocycles. The second-order valence-corrected chi connectivity index (χ2v) is 6.26. The molecule has 24 heavy (non-hydrogen) atoms.